The normalized spacial score (nSPS) is 12.4. The van der Waals surface area contributed by atoms with Crippen molar-refractivity contribution >= 4 is 5.96 Å². The third-order valence-corrected chi connectivity index (χ3v) is 4.59. The quantitative estimate of drug-likeness (QED) is 0.485. The summed E-state index contributed by atoms with van der Waals surface area (Å²) in [6.07, 6.45) is 2.51. The topological polar surface area (TPSA) is 49.3 Å². The molecule has 2 aromatic carbocycles. The van der Waals surface area contributed by atoms with Crippen molar-refractivity contribution in [3.8, 4) is 0 Å². The number of aliphatic imine (C=N–C) groups is 1. The molecule has 1 aromatic heterocycles. The first-order valence-corrected chi connectivity index (χ1v) is 9.39. The summed E-state index contributed by atoms with van der Waals surface area (Å²) in [5.74, 6) is 0.587. The van der Waals surface area contributed by atoms with Crippen LogP contribution in [0.3, 0.4) is 0 Å². The molecule has 0 saturated heterocycles. The van der Waals surface area contributed by atoms with Gasteiger partial charge in [0.25, 0.3) is 0 Å². The van der Waals surface area contributed by atoms with Gasteiger partial charge >= 0.3 is 0 Å². The number of nitrogens with one attached hydrogen (secondary N) is 2. The molecule has 5 heteroatoms. The first-order chi connectivity index (χ1) is 13.8. The van der Waals surface area contributed by atoms with E-state index in [9.17, 15) is 4.39 Å². The summed E-state index contributed by atoms with van der Waals surface area (Å²) in [6.45, 7) is 0.990. The van der Waals surface area contributed by atoms with Gasteiger partial charge in [0, 0.05) is 25.7 Å². The second kappa shape index (κ2) is 10.2. The zero-order valence-electron chi connectivity index (χ0n) is 16.0. The van der Waals surface area contributed by atoms with E-state index in [1.54, 1.807) is 19.3 Å². The molecule has 0 aliphatic heterocycles. The van der Waals surface area contributed by atoms with Gasteiger partial charge in [-0.2, -0.15) is 0 Å². The van der Waals surface area contributed by atoms with Crippen molar-refractivity contribution in [1.82, 2.24) is 15.6 Å². The van der Waals surface area contributed by atoms with Gasteiger partial charge in [0.05, 0.1) is 12.2 Å². The molecule has 0 bridgehead atoms. The maximum Gasteiger partial charge on any atom is 0.191 e. The van der Waals surface area contributed by atoms with Gasteiger partial charge in [-0.25, -0.2) is 4.39 Å². The smallest absolute Gasteiger partial charge is 0.191 e. The van der Waals surface area contributed by atoms with Crippen molar-refractivity contribution in [2.45, 2.75) is 18.9 Å². The Morgan fingerprint density at radius 1 is 0.964 bits per heavy atom. The molecule has 1 atom stereocenters. The molecule has 0 saturated carbocycles. The Kier molecular flexibility index (Phi) is 7.13. The summed E-state index contributed by atoms with van der Waals surface area (Å²) in [4.78, 5) is 8.31. The largest absolute Gasteiger partial charge is 0.356 e. The van der Waals surface area contributed by atoms with Crippen LogP contribution in [-0.4, -0.2) is 24.5 Å². The van der Waals surface area contributed by atoms with Crippen LogP contribution >= 0.6 is 0 Å². The van der Waals surface area contributed by atoms with Crippen molar-refractivity contribution in [2.24, 2.45) is 4.99 Å². The Bertz CT molecular complexity index is 881. The van der Waals surface area contributed by atoms with Gasteiger partial charge in [0.1, 0.15) is 5.82 Å². The lowest BCUT2D eigenvalue weighted by Crippen LogP contribution is -2.39. The molecule has 1 unspecified atom stereocenters. The molecule has 2 N–H and O–H groups in total. The van der Waals surface area contributed by atoms with Gasteiger partial charge in [0.15, 0.2) is 5.96 Å². The number of benzene rings is 2. The van der Waals surface area contributed by atoms with E-state index in [0.717, 1.165) is 6.42 Å². The molecule has 0 spiro atoms. The molecule has 1 heterocycles. The van der Waals surface area contributed by atoms with Crippen LogP contribution in [0.15, 0.2) is 84.0 Å². The summed E-state index contributed by atoms with van der Waals surface area (Å²) in [5, 5.41) is 6.50. The summed E-state index contributed by atoms with van der Waals surface area (Å²) < 4.78 is 13.8. The molecule has 0 aliphatic rings. The monoisotopic (exact) mass is 376 g/mol. The average molecular weight is 376 g/mol. The third-order valence-electron chi connectivity index (χ3n) is 4.59. The van der Waals surface area contributed by atoms with Gasteiger partial charge in [-0.15, -0.1) is 0 Å². The molecule has 0 fully saturated rings. The maximum absolute atomic E-state index is 13.8. The van der Waals surface area contributed by atoms with Crippen molar-refractivity contribution in [3.05, 3.63) is 102 Å². The van der Waals surface area contributed by atoms with Crippen LogP contribution in [0.1, 0.15) is 22.7 Å². The molecular weight excluding hydrogens is 351 g/mol. The average Bonchev–Trinajstić information content (AvgIpc) is 2.75. The summed E-state index contributed by atoms with van der Waals surface area (Å²) in [5.41, 5.74) is 2.93. The third kappa shape index (κ3) is 5.64. The molecule has 3 rings (SSSR count). The zero-order valence-corrected chi connectivity index (χ0v) is 16.0. The van der Waals surface area contributed by atoms with Crippen molar-refractivity contribution < 1.29 is 4.39 Å². The van der Waals surface area contributed by atoms with Crippen LogP contribution in [0.2, 0.25) is 0 Å². The highest BCUT2D eigenvalue weighted by molar-refractivity contribution is 5.79. The first kappa shape index (κ1) is 19.5. The van der Waals surface area contributed by atoms with Crippen LogP contribution in [0.5, 0.6) is 0 Å². The minimum Gasteiger partial charge on any atom is -0.356 e. The van der Waals surface area contributed by atoms with Crippen LogP contribution < -0.4 is 10.6 Å². The van der Waals surface area contributed by atoms with Crippen LogP contribution in [0.25, 0.3) is 0 Å². The fourth-order valence-electron chi connectivity index (χ4n) is 3.09. The Morgan fingerprint density at radius 2 is 1.68 bits per heavy atom. The highest BCUT2D eigenvalue weighted by Crippen LogP contribution is 2.20. The summed E-state index contributed by atoms with van der Waals surface area (Å²) in [7, 11) is 1.71. The lowest BCUT2D eigenvalue weighted by molar-refractivity contribution is 0.590. The molecular formula is C23H25FN4. The second-order valence-electron chi connectivity index (χ2n) is 6.54. The molecule has 4 nitrogen and oxygen atoms in total. The Morgan fingerprint density at radius 3 is 2.36 bits per heavy atom. The Hall–Kier alpha value is -3.21. The van der Waals surface area contributed by atoms with Gasteiger partial charge < -0.3 is 10.6 Å². The van der Waals surface area contributed by atoms with Gasteiger partial charge in [-0.1, -0.05) is 60.7 Å². The van der Waals surface area contributed by atoms with Gasteiger partial charge in [-0.05, 0) is 29.7 Å². The predicted octanol–water partition coefficient (Wildman–Crippen LogP) is 3.91. The van der Waals surface area contributed by atoms with E-state index in [4.69, 9.17) is 0 Å². The molecule has 28 heavy (non-hydrogen) atoms. The minimum atomic E-state index is -0.323. The Balaban J connectivity index is 1.64. The molecule has 0 amide bonds. The van der Waals surface area contributed by atoms with E-state index in [1.807, 2.05) is 12.1 Å². The van der Waals surface area contributed by atoms with Crippen LogP contribution in [0.4, 0.5) is 4.39 Å². The van der Waals surface area contributed by atoms with Crippen LogP contribution in [0, 0.1) is 5.82 Å². The van der Waals surface area contributed by atoms with E-state index in [-0.39, 0.29) is 18.3 Å². The molecule has 144 valence electrons. The number of aromatic nitrogens is 1. The number of rotatable bonds is 7. The summed E-state index contributed by atoms with van der Waals surface area (Å²) >= 11 is 0. The van der Waals surface area contributed by atoms with E-state index in [2.05, 4.69) is 69.1 Å². The van der Waals surface area contributed by atoms with Crippen molar-refractivity contribution in [2.75, 3.05) is 13.6 Å². The van der Waals surface area contributed by atoms with Crippen molar-refractivity contribution in [3.63, 3.8) is 0 Å². The standard InChI is InChI=1S/C23H25FN4/c1-25-23(28-17-22-21(24)13-8-14-26-22)27-16-20(19-11-6-3-7-12-19)15-18-9-4-2-5-10-18/h2-14,20H,15-17H2,1H3,(H2,25,27,28). The van der Waals surface area contributed by atoms with E-state index < -0.39 is 0 Å². The number of pyridine rings is 1. The van der Waals surface area contributed by atoms with Gasteiger partial charge in [-0.3, -0.25) is 9.98 Å². The Labute approximate surface area is 165 Å². The van der Waals surface area contributed by atoms with E-state index in [0.29, 0.717) is 18.2 Å². The lowest BCUT2D eigenvalue weighted by Gasteiger charge is -2.20. The van der Waals surface area contributed by atoms with Crippen LogP contribution in [-0.2, 0) is 13.0 Å². The van der Waals surface area contributed by atoms with Crippen molar-refractivity contribution in [1.29, 1.82) is 0 Å². The number of nitrogens with zero attached hydrogens (tertiary/aromatic N) is 2. The zero-order chi connectivity index (χ0) is 19.6. The number of hydrogen-bond donors (Lipinski definition) is 2. The minimum absolute atomic E-state index is 0.279. The number of hydrogen-bond acceptors (Lipinski definition) is 2. The first-order valence-electron chi connectivity index (χ1n) is 9.39. The molecule has 0 aliphatic carbocycles. The fourth-order valence-corrected chi connectivity index (χ4v) is 3.09. The van der Waals surface area contributed by atoms with Gasteiger partial charge in [0.2, 0.25) is 0 Å². The number of guanidine groups is 1. The predicted molar refractivity (Wildman–Crippen MR) is 112 cm³/mol. The SMILES string of the molecule is CN=C(NCc1ncccc1F)NCC(Cc1ccccc1)c1ccccc1. The number of halogens is 1. The fraction of sp³-hybridized carbons (Fsp3) is 0.217. The lowest BCUT2D eigenvalue weighted by atomic mass is 9.92. The second-order valence-corrected chi connectivity index (χ2v) is 6.54. The molecule has 0 radical (unpaired) electrons. The maximum atomic E-state index is 13.8. The molecule has 3 aromatic rings. The van der Waals surface area contributed by atoms with E-state index in [1.165, 1.54) is 17.2 Å². The highest BCUT2D eigenvalue weighted by atomic mass is 19.1. The summed E-state index contributed by atoms with van der Waals surface area (Å²) in [6, 6.07) is 23.9. The highest BCUT2D eigenvalue weighted by Gasteiger charge is 2.13. The van der Waals surface area contributed by atoms with E-state index >= 15 is 0 Å².